The molecule has 7 nitrogen and oxygen atoms in total. The van der Waals surface area contributed by atoms with Crippen molar-refractivity contribution < 1.29 is 19.0 Å². The molecule has 4 N–H and O–H groups in total. The molecule has 0 spiro atoms. The molecule has 7 heteroatoms. The van der Waals surface area contributed by atoms with Crippen molar-refractivity contribution in [1.82, 2.24) is 0 Å². The fourth-order valence-corrected chi connectivity index (χ4v) is 2.90. The number of methoxy groups -OCH3 is 1. The molecule has 0 bridgehead atoms. The number of nitrogens with two attached hydrogens (primary N) is 1. The summed E-state index contributed by atoms with van der Waals surface area (Å²) in [6.45, 7) is 5.40. The SMILES string of the molecule is CCCCOc1ccc(C(Nc2ccc(C(=N)N)cc2)C(=O)OC)cc1OCCCC. The number of carbonyl (C=O) groups is 1. The van der Waals surface area contributed by atoms with Crippen molar-refractivity contribution in [2.75, 3.05) is 25.6 Å². The standard InChI is InChI=1S/C24H33N3O4/c1-4-6-14-30-20-13-10-18(16-21(20)31-15-7-5-2)22(24(28)29-3)27-19-11-8-17(9-12-19)23(25)26/h8-13,16,22,27H,4-7,14-15H2,1-3H3,(H3,25,26). The fraction of sp³-hybridized carbons (Fsp3) is 0.417. The van der Waals surface area contributed by atoms with Crippen molar-refractivity contribution in [1.29, 1.82) is 5.41 Å². The van der Waals surface area contributed by atoms with Crippen molar-refractivity contribution in [2.24, 2.45) is 5.73 Å². The number of hydrogen-bond acceptors (Lipinski definition) is 6. The van der Waals surface area contributed by atoms with Gasteiger partial charge in [0.2, 0.25) is 0 Å². The first kappa shape index (κ1) is 24.1. The number of benzene rings is 2. The Morgan fingerprint density at radius 2 is 1.61 bits per heavy atom. The third-order valence-electron chi connectivity index (χ3n) is 4.76. The van der Waals surface area contributed by atoms with Gasteiger partial charge in [-0.2, -0.15) is 0 Å². The molecule has 0 aliphatic rings. The first-order valence-electron chi connectivity index (χ1n) is 10.7. The smallest absolute Gasteiger partial charge is 0.332 e. The molecule has 0 saturated carbocycles. The van der Waals surface area contributed by atoms with E-state index >= 15 is 0 Å². The second-order valence-electron chi connectivity index (χ2n) is 7.20. The molecule has 1 atom stereocenters. The van der Waals surface area contributed by atoms with E-state index in [1.807, 2.05) is 18.2 Å². The molecular formula is C24H33N3O4. The maximum absolute atomic E-state index is 12.5. The van der Waals surface area contributed by atoms with Gasteiger partial charge in [-0.1, -0.05) is 32.8 Å². The van der Waals surface area contributed by atoms with Crippen LogP contribution in [0.15, 0.2) is 42.5 Å². The Morgan fingerprint density at radius 3 is 2.16 bits per heavy atom. The summed E-state index contributed by atoms with van der Waals surface area (Å²) in [4.78, 5) is 12.5. The summed E-state index contributed by atoms with van der Waals surface area (Å²) < 4.78 is 16.9. The number of nitrogen functional groups attached to an aromatic ring is 1. The number of unbranched alkanes of at least 4 members (excludes halogenated alkanes) is 2. The Kier molecular flexibility index (Phi) is 9.68. The molecule has 0 aliphatic carbocycles. The van der Waals surface area contributed by atoms with E-state index in [4.69, 9.17) is 25.4 Å². The maximum Gasteiger partial charge on any atom is 0.332 e. The minimum atomic E-state index is -0.730. The van der Waals surface area contributed by atoms with Crippen LogP contribution in [0, 0.1) is 5.41 Å². The lowest BCUT2D eigenvalue weighted by Crippen LogP contribution is -2.22. The highest BCUT2D eigenvalue weighted by molar-refractivity contribution is 5.95. The lowest BCUT2D eigenvalue weighted by molar-refractivity contribution is -0.141. The number of nitrogens with one attached hydrogen (secondary N) is 2. The molecule has 0 heterocycles. The average Bonchev–Trinajstić information content (AvgIpc) is 2.78. The quantitative estimate of drug-likeness (QED) is 0.186. The Labute approximate surface area is 184 Å². The van der Waals surface area contributed by atoms with Crippen LogP contribution in [0.2, 0.25) is 0 Å². The van der Waals surface area contributed by atoms with Gasteiger partial charge >= 0.3 is 5.97 Å². The van der Waals surface area contributed by atoms with E-state index in [2.05, 4.69) is 19.2 Å². The molecule has 0 fully saturated rings. The fourth-order valence-electron chi connectivity index (χ4n) is 2.90. The summed E-state index contributed by atoms with van der Waals surface area (Å²) in [7, 11) is 1.36. The van der Waals surface area contributed by atoms with Crippen LogP contribution < -0.4 is 20.5 Å². The van der Waals surface area contributed by atoms with Crippen molar-refractivity contribution >= 4 is 17.5 Å². The van der Waals surface area contributed by atoms with Crippen LogP contribution in [0.5, 0.6) is 11.5 Å². The monoisotopic (exact) mass is 427 g/mol. The summed E-state index contributed by atoms with van der Waals surface area (Å²) in [5.41, 5.74) is 7.54. The molecular weight excluding hydrogens is 394 g/mol. The molecule has 0 aliphatic heterocycles. The Morgan fingerprint density at radius 1 is 1.00 bits per heavy atom. The van der Waals surface area contributed by atoms with E-state index in [-0.39, 0.29) is 5.84 Å². The van der Waals surface area contributed by atoms with Crippen LogP contribution in [-0.4, -0.2) is 32.1 Å². The van der Waals surface area contributed by atoms with Crippen LogP contribution in [-0.2, 0) is 9.53 Å². The van der Waals surface area contributed by atoms with Crippen LogP contribution in [0.1, 0.15) is 56.7 Å². The highest BCUT2D eigenvalue weighted by atomic mass is 16.5. The van der Waals surface area contributed by atoms with Crippen LogP contribution in [0.4, 0.5) is 5.69 Å². The van der Waals surface area contributed by atoms with E-state index in [1.165, 1.54) is 7.11 Å². The van der Waals surface area contributed by atoms with Crippen LogP contribution in [0.25, 0.3) is 0 Å². The first-order valence-corrected chi connectivity index (χ1v) is 10.7. The minimum Gasteiger partial charge on any atom is -0.490 e. The lowest BCUT2D eigenvalue weighted by Gasteiger charge is -2.20. The van der Waals surface area contributed by atoms with Gasteiger partial charge in [0.1, 0.15) is 5.84 Å². The second kappa shape index (κ2) is 12.5. The summed E-state index contributed by atoms with van der Waals surface area (Å²) in [5.74, 6) is 0.853. The van der Waals surface area contributed by atoms with E-state index in [0.717, 1.165) is 25.7 Å². The number of hydrogen-bond donors (Lipinski definition) is 3. The molecule has 2 rings (SSSR count). The number of esters is 1. The zero-order chi connectivity index (χ0) is 22.6. The molecule has 0 radical (unpaired) electrons. The predicted octanol–water partition coefficient (Wildman–Crippen LogP) is 4.65. The van der Waals surface area contributed by atoms with Crippen molar-refractivity contribution in [3.05, 3.63) is 53.6 Å². The average molecular weight is 428 g/mol. The summed E-state index contributed by atoms with van der Waals surface area (Å²) in [5, 5.41) is 10.7. The molecule has 31 heavy (non-hydrogen) atoms. The van der Waals surface area contributed by atoms with Gasteiger partial charge < -0.3 is 25.3 Å². The Balaban J connectivity index is 2.29. The molecule has 0 saturated heterocycles. The van der Waals surface area contributed by atoms with Gasteiger partial charge in [-0.05, 0) is 54.8 Å². The topological polar surface area (TPSA) is 107 Å². The summed E-state index contributed by atoms with van der Waals surface area (Å²) >= 11 is 0. The third-order valence-corrected chi connectivity index (χ3v) is 4.76. The van der Waals surface area contributed by atoms with E-state index < -0.39 is 12.0 Å². The van der Waals surface area contributed by atoms with Crippen LogP contribution in [0.3, 0.4) is 0 Å². The molecule has 168 valence electrons. The maximum atomic E-state index is 12.5. The van der Waals surface area contributed by atoms with Gasteiger partial charge in [-0.15, -0.1) is 0 Å². The highest BCUT2D eigenvalue weighted by Crippen LogP contribution is 2.33. The molecule has 1 unspecified atom stereocenters. The third kappa shape index (κ3) is 7.20. The summed E-state index contributed by atoms with van der Waals surface area (Å²) in [6.07, 6.45) is 3.95. The van der Waals surface area contributed by atoms with Crippen molar-refractivity contribution in [2.45, 2.75) is 45.6 Å². The molecule has 2 aromatic rings. The van der Waals surface area contributed by atoms with Gasteiger partial charge in [0.25, 0.3) is 0 Å². The van der Waals surface area contributed by atoms with Crippen molar-refractivity contribution in [3.8, 4) is 11.5 Å². The number of anilines is 1. The Bertz CT molecular complexity index is 852. The van der Waals surface area contributed by atoms with Gasteiger partial charge in [-0.3, -0.25) is 5.41 Å². The highest BCUT2D eigenvalue weighted by Gasteiger charge is 2.23. The number of rotatable bonds is 13. The molecule has 0 aromatic heterocycles. The van der Waals surface area contributed by atoms with Gasteiger partial charge in [0.15, 0.2) is 17.5 Å². The number of carbonyl (C=O) groups excluding carboxylic acids is 1. The molecule has 0 amide bonds. The summed E-state index contributed by atoms with van der Waals surface area (Å²) in [6, 6.07) is 11.8. The molecule has 2 aromatic carbocycles. The first-order chi connectivity index (χ1) is 15.0. The zero-order valence-electron chi connectivity index (χ0n) is 18.6. The predicted molar refractivity (Wildman–Crippen MR) is 123 cm³/mol. The zero-order valence-corrected chi connectivity index (χ0v) is 18.6. The normalized spacial score (nSPS) is 11.5. The second-order valence-corrected chi connectivity index (χ2v) is 7.20. The minimum absolute atomic E-state index is 0.0106. The Hall–Kier alpha value is -3.22. The van der Waals surface area contributed by atoms with E-state index in [1.54, 1.807) is 24.3 Å². The van der Waals surface area contributed by atoms with Crippen molar-refractivity contribution in [3.63, 3.8) is 0 Å². The van der Waals surface area contributed by atoms with E-state index in [0.29, 0.717) is 41.5 Å². The van der Waals surface area contributed by atoms with Crippen LogP contribution >= 0.6 is 0 Å². The largest absolute Gasteiger partial charge is 0.490 e. The van der Waals surface area contributed by atoms with Gasteiger partial charge in [-0.25, -0.2) is 4.79 Å². The van der Waals surface area contributed by atoms with E-state index in [9.17, 15) is 4.79 Å². The van der Waals surface area contributed by atoms with Gasteiger partial charge in [0.05, 0.1) is 20.3 Å². The number of ether oxygens (including phenoxy) is 3. The van der Waals surface area contributed by atoms with Gasteiger partial charge in [0, 0.05) is 11.3 Å². The lowest BCUT2D eigenvalue weighted by atomic mass is 10.1. The number of amidine groups is 1.